The first-order chi connectivity index (χ1) is 20.9. The Morgan fingerprint density at radius 2 is 1.66 bits per heavy atom. The second-order valence-corrected chi connectivity index (χ2v) is 11.9. The predicted octanol–water partition coefficient (Wildman–Crippen LogP) is 4.20. The summed E-state index contributed by atoms with van der Waals surface area (Å²) in [5, 5.41) is 10.1. The van der Waals surface area contributed by atoms with E-state index in [2.05, 4.69) is 0 Å². The summed E-state index contributed by atoms with van der Waals surface area (Å²) < 4.78 is 30.1. The average molecular weight is 627 g/mol. The van der Waals surface area contributed by atoms with Crippen LogP contribution in [0.2, 0.25) is 5.02 Å². The van der Waals surface area contributed by atoms with E-state index in [9.17, 15) is 33.5 Å². The first-order valence-corrected chi connectivity index (χ1v) is 14.2. The normalized spacial score (nSPS) is 29.2. The van der Waals surface area contributed by atoms with Gasteiger partial charge in [-0.25, -0.2) is 14.1 Å². The SMILES string of the molecule is COC(=O)N1C(=O)[C@H]2[C@H](CC=C3[C@H]2C[C@H]2C(=O)N(c4ccc(F)c(Cl)c4)C(=O)[C@@]2(C)[C@H]3c2c(OC)cc(O)cc2OC)C1=O. The summed E-state index contributed by atoms with van der Waals surface area (Å²) in [6, 6.07) is 6.25. The van der Waals surface area contributed by atoms with Crippen molar-refractivity contribution in [2.45, 2.75) is 25.7 Å². The van der Waals surface area contributed by atoms with E-state index in [1.165, 1.54) is 38.5 Å². The van der Waals surface area contributed by atoms with Crippen LogP contribution in [0.15, 0.2) is 42.0 Å². The molecule has 4 aliphatic rings. The summed E-state index contributed by atoms with van der Waals surface area (Å²) in [5.74, 6) is -7.75. The quantitative estimate of drug-likeness (QED) is 0.391. The van der Waals surface area contributed by atoms with Gasteiger partial charge in [-0.05, 0) is 43.9 Å². The second kappa shape index (κ2) is 10.3. The number of methoxy groups -OCH3 is 3. The number of halogens is 2. The fraction of sp³-hybridized carbons (Fsp3) is 0.387. The van der Waals surface area contributed by atoms with Gasteiger partial charge in [0.15, 0.2) is 0 Å². The molecule has 5 amide bonds. The number of hydrogen-bond acceptors (Lipinski definition) is 9. The molecule has 6 rings (SSSR count). The van der Waals surface area contributed by atoms with Gasteiger partial charge in [0.2, 0.25) is 23.6 Å². The summed E-state index contributed by atoms with van der Waals surface area (Å²) in [5.41, 5.74) is -0.459. The Balaban J connectivity index is 1.58. The van der Waals surface area contributed by atoms with Crippen LogP contribution in [-0.2, 0) is 23.9 Å². The Kier molecular flexibility index (Phi) is 6.95. The molecule has 1 saturated carbocycles. The van der Waals surface area contributed by atoms with Crippen molar-refractivity contribution in [1.82, 2.24) is 4.90 Å². The van der Waals surface area contributed by atoms with Gasteiger partial charge < -0.3 is 19.3 Å². The number of hydrogen-bond donors (Lipinski definition) is 1. The fourth-order valence-electron chi connectivity index (χ4n) is 7.67. The van der Waals surface area contributed by atoms with Gasteiger partial charge in [-0.15, -0.1) is 0 Å². The number of nitrogens with zero attached hydrogens (tertiary/aromatic N) is 2. The van der Waals surface area contributed by atoms with Crippen LogP contribution in [0.1, 0.15) is 31.2 Å². The Labute approximate surface area is 256 Å². The average Bonchev–Trinajstić information content (AvgIpc) is 3.37. The minimum Gasteiger partial charge on any atom is -0.508 e. The van der Waals surface area contributed by atoms with E-state index < -0.39 is 70.5 Å². The summed E-state index contributed by atoms with van der Waals surface area (Å²) in [4.78, 5) is 69.6. The van der Waals surface area contributed by atoms with E-state index in [1.54, 1.807) is 13.0 Å². The summed E-state index contributed by atoms with van der Waals surface area (Å²) in [7, 11) is 3.83. The third-order valence-electron chi connectivity index (χ3n) is 9.61. The number of imide groups is 4. The number of amides is 5. The zero-order chi connectivity index (χ0) is 31.8. The molecule has 2 saturated heterocycles. The lowest BCUT2D eigenvalue weighted by molar-refractivity contribution is -0.138. The molecular formula is C31H28ClFN2O9. The lowest BCUT2D eigenvalue weighted by Gasteiger charge is -2.49. The Bertz CT molecular complexity index is 1670. The van der Waals surface area contributed by atoms with Crippen LogP contribution in [0.5, 0.6) is 17.2 Å². The van der Waals surface area contributed by atoms with Crippen molar-refractivity contribution in [2.75, 3.05) is 26.2 Å². The standard InChI is InChI=1S/C31H28ClFN2O9/c1-31-18(27(38)34(29(31)40)13-5-8-20(33)19(32)9-13)12-17-15(25(31)24-21(42-2)10-14(36)11-22(24)43-3)6-7-16-23(17)28(39)35(26(16)37)30(41)44-4/h5-6,8-11,16-18,23,25,36H,7,12H2,1-4H3/t16-,17+,18-,23-,25+,31+/m0/s1. The third-order valence-corrected chi connectivity index (χ3v) is 9.90. The van der Waals surface area contributed by atoms with Gasteiger partial charge in [0.05, 0.1) is 55.2 Å². The zero-order valence-electron chi connectivity index (χ0n) is 24.1. The van der Waals surface area contributed by atoms with E-state index in [4.69, 9.17) is 25.8 Å². The molecular weight excluding hydrogens is 599 g/mol. The largest absolute Gasteiger partial charge is 0.508 e. The number of carbonyl (C=O) groups excluding carboxylic acids is 5. The molecule has 6 atom stereocenters. The number of allylic oxidation sites excluding steroid dienone is 2. The lowest BCUT2D eigenvalue weighted by Crippen LogP contribution is -2.49. The molecule has 230 valence electrons. The van der Waals surface area contributed by atoms with Crippen LogP contribution in [0, 0.1) is 34.9 Å². The molecule has 2 aromatic carbocycles. The molecule has 2 aliphatic carbocycles. The molecule has 11 nitrogen and oxygen atoms in total. The van der Waals surface area contributed by atoms with Crippen LogP contribution in [0.3, 0.4) is 0 Å². The van der Waals surface area contributed by atoms with Crippen LogP contribution >= 0.6 is 11.6 Å². The highest BCUT2D eigenvalue weighted by Crippen LogP contribution is 2.65. The van der Waals surface area contributed by atoms with Gasteiger partial charge in [0, 0.05) is 23.6 Å². The van der Waals surface area contributed by atoms with Gasteiger partial charge in [0.25, 0.3) is 0 Å². The number of aromatic hydroxyl groups is 1. The molecule has 2 aromatic rings. The molecule has 0 spiro atoms. The van der Waals surface area contributed by atoms with Gasteiger partial charge in [0.1, 0.15) is 23.1 Å². The fourth-order valence-corrected chi connectivity index (χ4v) is 7.85. The lowest BCUT2D eigenvalue weighted by atomic mass is 9.51. The maximum Gasteiger partial charge on any atom is 0.423 e. The predicted molar refractivity (Wildman–Crippen MR) is 151 cm³/mol. The van der Waals surface area contributed by atoms with Crippen molar-refractivity contribution in [3.63, 3.8) is 0 Å². The van der Waals surface area contributed by atoms with E-state index >= 15 is 0 Å². The molecule has 0 radical (unpaired) electrons. The van der Waals surface area contributed by atoms with Crippen LogP contribution in [-0.4, -0.2) is 61.1 Å². The monoisotopic (exact) mass is 626 g/mol. The minimum absolute atomic E-state index is 0.00669. The molecule has 3 fully saturated rings. The number of likely N-dealkylation sites (tertiary alicyclic amines) is 1. The molecule has 13 heteroatoms. The maximum absolute atomic E-state index is 14.5. The summed E-state index contributed by atoms with van der Waals surface area (Å²) in [6.07, 6.45) is 0.785. The molecule has 1 N–H and O–H groups in total. The van der Waals surface area contributed by atoms with Crippen molar-refractivity contribution in [1.29, 1.82) is 0 Å². The first-order valence-electron chi connectivity index (χ1n) is 13.8. The highest BCUT2D eigenvalue weighted by Gasteiger charge is 2.68. The van der Waals surface area contributed by atoms with Gasteiger partial charge >= 0.3 is 6.09 Å². The molecule has 0 bridgehead atoms. The van der Waals surface area contributed by atoms with E-state index in [1.807, 2.05) is 0 Å². The molecule has 0 aromatic heterocycles. The maximum atomic E-state index is 14.5. The number of fused-ring (bicyclic) bond motifs is 4. The van der Waals surface area contributed by atoms with E-state index in [0.29, 0.717) is 16.0 Å². The number of anilines is 1. The van der Waals surface area contributed by atoms with Gasteiger partial charge in [-0.2, -0.15) is 4.90 Å². The highest BCUT2D eigenvalue weighted by molar-refractivity contribution is 6.31. The van der Waals surface area contributed by atoms with Crippen LogP contribution < -0.4 is 14.4 Å². The number of benzene rings is 2. The molecule has 44 heavy (non-hydrogen) atoms. The van der Waals surface area contributed by atoms with Crippen LogP contribution in [0.25, 0.3) is 0 Å². The van der Waals surface area contributed by atoms with Crippen molar-refractivity contribution in [3.05, 3.63) is 58.4 Å². The Morgan fingerprint density at radius 1 is 1.00 bits per heavy atom. The summed E-state index contributed by atoms with van der Waals surface area (Å²) in [6.45, 7) is 1.64. The Hall–Kier alpha value is -4.45. The first kappa shape index (κ1) is 29.6. The molecule has 2 aliphatic heterocycles. The van der Waals surface area contributed by atoms with Gasteiger partial charge in [-0.3, -0.25) is 19.2 Å². The number of phenols is 1. The topological polar surface area (TPSA) is 140 Å². The molecule has 2 heterocycles. The molecule has 0 unspecified atom stereocenters. The minimum atomic E-state index is -1.49. The van der Waals surface area contributed by atoms with Crippen molar-refractivity contribution < 1.29 is 47.7 Å². The zero-order valence-corrected chi connectivity index (χ0v) is 24.9. The number of ether oxygens (including phenoxy) is 3. The Morgan fingerprint density at radius 3 is 2.25 bits per heavy atom. The second-order valence-electron chi connectivity index (χ2n) is 11.5. The third kappa shape index (κ3) is 3.89. The van der Waals surface area contributed by atoms with Crippen molar-refractivity contribution in [2.24, 2.45) is 29.1 Å². The number of phenolic OH excluding ortho intramolecular Hbond substituents is 1. The smallest absolute Gasteiger partial charge is 0.423 e. The summed E-state index contributed by atoms with van der Waals surface area (Å²) >= 11 is 6.03. The van der Waals surface area contributed by atoms with E-state index in [-0.39, 0.29) is 40.8 Å². The number of rotatable bonds is 4. The van der Waals surface area contributed by atoms with Crippen molar-refractivity contribution >= 4 is 47.0 Å². The van der Waals surface area contributed by atoms with Gasteiger partial charge in [-0.1, -0.05) is 23.3 Å². The highest BCUT2D eigenvalue weighted by atomic mass is 35.5. The number of carbonyl (C=O) groups is 5. The van der Waals surface area contributed by atoms with Crippen LogP contribution in [0.4, 0.5) is 14.9 Å². The van der Waals surface area contributed by atoms with Crippen molar-refractivity contribution in [3.8, 4) is 17.2 Å². The van der Waals surface area contributed by atoms with E-state index in [0.717, 1.165) is 18.1 Å².